The van der Waals surface area contributed by atoms with Crippen molar-refractivity contribution in [2.24, 2.45) is 0 Å². The molecular weight excluding hydrogens is 322 g/mol. The van der Waals surface area contributed by atoms with Gasteiger partial charge in [0.15, 0.2) is 0 Å². The number of benzene rings is 1. The minimum Gasteiger partial charge on any atom is -0.334 e. The van der Waals surface area contributed by atoms with E-state index in [0.717, 1.165) is 30.1 Å². The molecule has 1 unspecified atom stereocenters. The van der Waals surface area contributed by atoms with Gasteiger partial charge in [0, 0.05) is 17.7 Å². The zero-order valence-corrected chi connectivity index (χ0v) is 14.3. The van der Waals surface area contributed by atoms with Crippen molar-refractivity contribution < 1.29 is 4.79 Å². The molecule has 24 heavy (non-hydrogen) atoms. The number of carbonyl (C=O) groups is 1. The summed E-state index contributed by atoms with van der Waals surface area (Å²) in [4.78, 5) is 16.6. The number of thiophene rings is 1. The Morgan fingerprint density at radius 2 is 2.29 bits per heavy atom. The zero-order valence-electron chi connectivity index (χ0n) is 13.5. The van der Waals surface area contributed by atoms with Crippen molar-refractivity contribution in [3.63, 3.8) is 0 Å². The third kappa shape index (κ3) is 2.99. The number of aromatic nitrogens is 3. The maximum Gasteiger partial charge on any atom is 0.315 e. The quantitative estimate of drug-likeness (QED) is 0.769. The Morgan fingerprint density at radius 3 is 3.21 bits per heavy atom. The Morgan fingerprint density at radius 1 is 1.42 bits per heavy atom. The molecule has 2 N–H and O–H groups in total. The van der Waals surface area contributed by atoms with Crippen molar-refractivity contribution in [2.45, 2.75) is 38.9 Å². The summed E-state index contributed by atoms with van der Waals surface area (Å²) in [7, 11) is 0. The molecule has 1 aliphatic heterocycles. The maximum atomic E-state index is 12.2. The van der Waals surface area contributed by atoms with E-state index >= 15 is 0 Å². The fraction of sp³-hybridized carbons (Fsp3) is 0.353. The monoisotopic (exact) mass is 341 g/mol. The molecule has 3 aromatic rings. The van der Waals surface area contributed by atoms with Gasteiger partial charge >= 0.3 is 6.03 Å². The third-order valence-electron chi connectivity index (χ3n) is 4.30. The van der Waals surface area contributed by atoms with E-state index in [9.17, 15) is 4.79 Å². The first-order valence-electron chi connectivity index (χ1n) is 8.09. The van der Waals surface area contributed by atoms with E-state index in [1.807, 2.05) is 23.7 Å². The van der Waals surface area contributed by atoms with Gasteiger partial charge in [-0.1, -0.05) is 18.2 Å². The lowest BCUT2D eigenvalue weighted by molar-refractivity contribution is 0.231. The second-order valence-electron chi connectivity index (χ2n) is 6.08. The van der Waals surface area contributed by atoms with Crippen LogP contribution in [0.25, 0.3) is 10.1 Å². The van der Waals surface area contributed by atoms with Crippen LogP contribution in [-0.2, 0) is 19.5 Å². The van der Waals surface area contributed by atoms with Crippen LogP contribution in [-0.4, -0.2) is 26.8 Å². The zero-order chi connectivity index (χ0) is 16.5. The topological polar surface area (TPSA) is 71.8 Å². The molecule has 2 amide bonds. The summed E-state index contributed by atoms with van der Waals surface area (Å²) in [5, 5.41) is 13.7. The number of fused-ring (bicyclic) bond motifs is 2. The van der Waals surface area contributed by atoms with Crippen LogP contribution in [0, 0.1) is 6.92 Å². The third-order valence-corrected chi connectivity index (χ3v) is 5.31. The molecule has 2 aromatic heterocycles. The Hall–Kier alpha value is -2.41. The summed E-state index contributed by atoms with van der Waals surface area (Å²) in [6.07, 6.45) is 1.74. The highest BCUT2D eigenvalue weighted by Crippen LogP contribution is 2.25. The first-order valence-corrected chi connectivity index (χ1v) is 8.97. The van der Waals surface area contributed by atoms with Gasteiger partial charge in [0.1, 0.15) is 11.6 Å². The Balaban J connectivity index is 1.34. The molecule has 1 atom stereocenters. The summed E-state index contributed by atoms with van der Waals surface area (Å²) in [6.45, 7) is 3.12. The van der Waals surface area contributed by atoms with Crippen molar-refractivity contribution in [1.82, 2.24) is 25.4 Å². The van der Waals surface area contributed by atoms with Crippen LogP contribution in [0.4, 0.5) is 4.79 Å². The maximum absolute atomic E-state index is 12.2. The molecule has 0 bridgehead atoms. The van der Waals surface area contributed by atoms with E-state index in [1.165, 1.54) is 10.1 Å². The van der Waals surface area contributed by atoms with Crippen LogP contribution in [0.1, 0.15) is 23.6 Å². The van der Waals surface area contributed by atoms with E-state index in [-0.39, 0.29) is 12.1 Å². The summed E-state index contributed by atoms with van der Waals surface area (Å²) in [5.74, 6) is 1.80. The number of amides is 2. The van der Waals surface area contributed by atoms with E-state index in [4.69, 9.17) is 0 Å². The fourth-order valence-electron chi connectivity index (χ4n) is 3.13. The van der Waals surface area contributed by atoms with Gasteiger partial charge in [-0.15, -0.1) is 11.3 Å². The van der Waals surface area contributed by atoms with Gasteiger partial charge in [-0.05, 0) is 35.7 Å². The first kappa shape index (κ1) is 15.1. The van der Waals surface area contributed by atoms with Crippen molar-refractivity contribution in [2.75, 3.05) is 0 Å². The molecule has 4 rings (SSSR count). The van der Waals surface area contributed by atoms with Crippen LogP contribution in [0.3, 0.4) is 0 Å². The highest BCUT2D eigenvalue weighted by atomic mass is 32.1. The second kappa shape index (κ2) is 6.24. The molecular formula is C17H19N5OS. The molecule has 0 saturated heterocycles. The van der Waals surface area contributed by atoms with Crippen LogP contribution in [0.15, 0.2) is 29.6 Å². The average Bonchev–Trinajstić information content (AvgIpc) is 3.15. The molecule has 0 saturated carbocycles. The van der Waals surface area contributed by atoms with E-state index < -0.39 is 0 Å². The molecule has 124 valence electrons. The number of carbonyl (C=O) groups excluding carboxylic acids is 1. The first-order chi connectivity index (χ1) is 11.7. The summed E-state index contributed by atoms with van der Waals surface area (Å²) in [6, 6.07) is 8.22. The van der Waals surface area contributed by atoms with Crippen LogP contribution in [0.5, 0.6) is 0 Å². The van der Waals surface area contributed by atoms with Gasteiger partial charge < -0.3 is 10.6 Å². The Bertz CT molecular complexity index is 884. The average molecular weight is 341 g/mol. The molecule has 6 nitrogen and oxygen atoms in total. The highest BCUT2D eigenvalue weighted by Gasteiger charge is 2.22. The number of nitrogens with zero attached hydrogens (tertiary/aromatic N) is 3. The lowest BCUT2D eigenvalue weighted by Gasteiger charge is -2.23. The van der Waals surface area contributed by atoms with Crippen molar-refractivity contribution in [1.29, 1.82) is 0 Å². The molecule has 1 aliphatic rings. The van der Waals surface area contributed by atoms with Gasteiger partial charge in [-0.2, -0.15) is 5.10 Å². The number of hydrogen-bond donors (Lipinski definition) is 2. The number of urea groups is 1. The summed E-state index contributed by atoms with van der Waals surface area (Å²) in [5.41, 5.74) is 1.16. The Labute approximate surface area is 143 Å². The number of nitrogens with one attached hydrogen (secondary N) is 2. The SMILES string of the molecule is Cc1nc2n(n1)CC(NC(=O)NCc1csc3ccccc13)CC2. The normalized spacial score (nSPS) is 16.8. The predicted molar refractivity (Wildman–Crippen MR) is 94.1 cm³/mol. The second-order valence-corrected chi connectivity index (χ2v) is 6.99. The van der Waals surface area contributed by atoms with E-state index in [0.29, 0.717) is 13.1 Å². The smallest absolute Gasteiger partial charge is 0.315 e. The Kier molecular flexibility index (Phi) is 3.93. The molecule has 0 spiro atoms. The lowest BCUT2D eigenvalue weighted by Crippen LogP contribution is -2.45. The fourth-order valence-corrected chi connectivity index (χ4v) is 4.10. The number of aryl methyl sites for hydroxylation is 2. The summed E-state index contributed by atoms with van der Waals surface area (Å²) >= 11 is 1.71. The standard InChI is InChI=1S/C17H19N5OS/c1-11-19-16-7-6-13(9-22(16)21-11)20-17(23)18-8-12-10-24-15-5-3-2-4-14(12)15/h2-5,10,13H,6-9H2,1H3,(H2,18,20,23). The van der Waals surface area contributed by atoms with E-state index in [2.05, 4.69) is 38.2 Å². The molecule has 0 radical (unpaired) electrons. The minimum absolute atomic E-state index is 0.0952. The number of hydrogen-bond acceptors (Lipinski definition) is 4. The molecule has 1 aromatic carbocycles. The van der Waals surface area contributed by atoms with Gasteiger partial charge in [-0.25, -0.2) is 14.5 Å². The van der Waals surface area contributed by atoms with Crippen LogP contribution in [0.2, 0.25) is 0 Å². The van der Waals surface area contributed by atoms with Crippen molar-refractivity contribution in [3.05, 3.63) is 46.9 Å². The molecule has 0 fully saturated rings. The number of rotatable bonds is 3. The largest absolute Gasteiger partial charge is 0.334 e. The molecule has 7 heteroatoms. The van der Waals surface area contributed by atoms with E-state index in [1.54, 1.807) is 11.3 Å². The van der Waals surface area contributed by atoms with Gasteiger partial charge in [-0.3, -0.25) is 0 Å². The van der Waals surface area contributed by atoms with Gasteiger partial charge in [0.25, 0.3) is 0 Å². The van der Waals surface area contributed by atoms with Gasteiger partial charge in [0.05, 0.1) is 12.6 Å². The van der Waals surface area contributed by atoms with Crippen LogP contribution >= 0.6 is 11.3 Å². The lowest BCUT2D eigenvalue weighted by atomic mass is 10.1. The summed E-state index contributed by atoms with van der Waals surface area (Å²) < 4.78 is 3.15. The highest BCUT2D eigenvalue weighted by molar-refractivity contribution is 7.17. The van der Waals surface area contributed by atoms with Crippen molar-refractivity contribution >= 4 is 27.5 Å². The molecule has 3 heterocycles. The van der Waals surface area contributed by atoms with Crippen LogP contribution < -0.4 is 10.6 Å². The van der Waals surface area contributed by atoms with Gasteiger partial charge in [0.2, 0.25) is 0 Å². The predicted octanol–water partition coefficient (Wildman–Crippen LogP) is 2.62. The minimum atomic E-state index is -0.129. The molecule has 0 aliphatic carbocycles. The van der Waals surface area contributed by atoms with Crippen molar-refractivity contribution in [3.8, 4) is 0 Å².